The van der Waals surface area contributed by atoms with Gasteiger partial charge in [0.25, 0.3) is 0 Å². The van der Waals surface area contributed by atoms with Crippen LogP contribution in [0, 0.1) is 28.5 Å². The molecule has 2 rings (SSSR count). The Labute approximate surface area is 126 Å². The zero-order chi connectivity index (χ0) is 17.0. The van der Waals surface area contributed by atoms with Crippen LogP contribution in [0.25, 0.3) is 5.69 Å². The second-order valence-corrected chi connectivity index (χ2v) is 4.11. The molecule has 0 atom stereocenters. The number of nitriles is 2. The number of hydrogen-bond acceptors (Lipinski definition) is 5. The summed E-state index contributed by atoms with van der Waals surface area (Å²) in [6.07, 6.45) is -3.64. The van der Waals surface area contributed by atoms with E-state index in [-0.39, 0.29) is 11.4 Å². The Morgan fingerprint density at radius 1 is 1.22 bits per heavy atom. The summed E-state index contributed by atoms with van der Waals surface area (Å²) in [5.41, 5.74) is 0.595. The largest absolute Gasteiger partial charge is 0.435 e. The van der Waals surface area contributed by atoms with Gasteiger partial charge >= 0.3 is 6.18 Å². The predicted molar refractivity (Wildman–Crippen MR) is 70.8 cm³/mol. The van der Waals surface area contributed by atoms with Crippen LogP contribution < -0.4 is 5.43 Å². The van der Waals surface area contributed by atoms with E-state index >= 15 is 0 Å². The number of nitrogens with zero attached hydrogens (tertiary/aromatic N) is 5. The minimum absolute atomic E-state index is 0.109. The van der Waals surface area contributed by atoms with E-state index in [1.54, 1.807) is 0 Å². The smallest absolute Gasteiger partial charge is 0.276 e. The maximum absolute atomic E-state index is 14.0. The number of halogens is 4. The molecule has 1 aromatic heterocycles. The Hall–Kier alpha value is -3.40. The molecule has 6 nitrogen and oxygen atoms in total. The molecule has 23 heavy (non-hydrogen) atoms. The van der Waals surface area contributed by atoms with Crippen LogP contribution >= 0.6 is 0 Å². The van der Waals surface area contributed by atoms with E-state index in [1.807, 2.05) is 0 Å². The van der Waals surface area contributed by atoms with Crippen LogP contribution in [0.5, 0.6) is 0 Å². The second kappa shape index (κ2) is 6.15. The van der Waals surface area contributed by atoms with Crippen LogP contribution in [0.15, 0.2) is 35.6 Å². The van der Waals surface area contributed by atoms with E-state index in [2.05, 4.69) is 15.6 Å². The van der Waals surface area contributed by atoms with Gasteiger partial charge in [-0.05, 0) is 18.2 Å². The molecule has 1 heterocycles. The van der Waals surface area contributed by atoms with Gasteiger partial charge in [-0.25, -0.2) is 9.07 Å². The molecule has 0 spiro atoms. The first kappa shape index (κ1) is 16.0. The third kappa shape index (κ3) is 3.63. The van der Waals surface area contributed by atoms with Crippen molar-refractivity contribution in [1.29, 1.82) is 10.5 Å². The van der Waals surface area contributed by atoms with Gasteiger partial charge in [-0.3, -0.25) is 5.43 Å². The molecule has 0 saturated carbocycles. The minimum atomic E-state index is -4.62. The van der Waals surface area contributed by atoms with Crippen LogP contribution in [0.2, 0.25) is 0 Å². The summed E-state index contributed by atoms with van der Waals surface area (Å²) in [5, 5.41) is 23.7. The highest BCUT2D eigenvalue weighted by Crippen LogP contribution is 2.28. The quantitative estimate of drug-likeness (QED) is 0.534. The molecular weight excluding hydrogens is 316 g/mol. The fraction of sp³-hybridized carbons (Fsp3) is 0.0769. The van der Waals surface area contributed by atoms with Gasteiger partial charge in [-0.2, -0.15) is 33.9 Å². The topological polar surface area (TPSA) is 89.8 Å². The molecule has 0 unspecified atom stereocenters. The standard InChI is InChI=1S/C13H6F4N6/c14-10-5-8(20-21-9(6-18)7-19)1-2-11(10)23-4-3-12(22-23)13(15,16)17/h1-5,20H. The van der Waals surface area contributed by atoms with Gasteiger partial charge in [-0.1, -0.05) is 0 Å². The maximum atomic E-state index is 14.0. The lowest BCUT2D eigenvalue weighted by Crippen LogP contribution is -2.08. The molecular formula is C13H6F4N6. The molecule has 0 fully saturated rings. The van der Waals surface area contributed by atoms with Gasteiger partial charge in [0.2, 0.25) is 5.71 Å². The summed E-state index contributed by atoms with van der Waals surface area (Å²) in [6.45, 7) is 0. The summed E-state index contributed by atoms with van der Waals surface area (Å²) in [7, 11) is 0. The normalized spacial score (nSPS) is 10.5. The first-order valence-electron chi connectivity index (χ1n) is 5.92. The number of rotatable bonds is 3. The monoisotopic (exact) mass is 322 g/mol. The number of hydrazone groups is 1. The van der Waals surface area contributed by atoms with E-state index in [0.29, 0.717) is 0 Å². The summed E-state index contributed by atoms with van der Waals surface area (Å²) in [5.74, 6) is -0.863. The van der Waals surface area contributed by atoms with E-state index < -0.39 is 23.4 Å². The number of benzene rings is 1. The molecule has 2 aromatic rings. The zero-order valence-electron chi connectivity index (χ0n) is 11.1. The van der Waals surface area contributed by atoms with Crippen LogP contribution in [-0.2, 0) is 6.18 Å². The van der Waals surface area contributed by atoms with Gasteiger partial charge < -0.3 is 0 Å². The Balaban J connectivity index is 2.27. The fourth-order valence-corrected chi connectivity index (χ4v) is 1.57. The Kier molecular flexibility index (Phi) is 4.27. The van der Waals surface area contributed by atoms with Crippen molar-refractivity contribution in [3.8, 4) is 17.8 Å². The minimum Gasteiger partial charge on any atom is -0.276 e. The molecule has 0 aliphatic heterocycles. The van der Waals surface area contributed by atoms with Gasteiger partial charge in [0.15, 0.2) is 11.5 Å². The highest BCUT2D eigenvalue weighted by Gasteiger charge is 2.33. The number of anilines is 1. The van der Waals surface area contributed by atoms with Crippen LogP contribution in [0.4, 0.5) is 23.2 Å². The van der Waals surface area contributed by atoms with Crippen molar-refractivity contribution in [2.24, 2.45) is 5.10 Å². The van der Waals surface area contributed by atoms with Crippen LogP contribution in [0.1, 0.15) is 5.69 Å². The summed E-state index contributed by atoms with van der Waals surface area (Å²) in [6, 6.07) is 7.16. The second-order valence-electron chi connectivity index (χ2n) is 4.11. The molecule has 0 saturated heterocycles. The SMILES string of the molecule is N#CC(C#N)=NNc1ccc(-n2ccc(C(F)(F)F)n2)c(F)c1. The molecule has 1 N–H and O–H groups in total. The lowest BCUT2D eigenvalue weighted by molar-refractivity contribution is -0.141. The van der Waals surface area contributed by atoms with Gasteiger partial charge in [-0.15, -0.1) is 0 Å². The summed E-state index contributed by atoms with van der Waals surface area (Å²) < 4.78 is 52.2. The Bertz CT molecular complexity index is 821. The molecule has 116 valence electrons. The Morgan fingerprint density at radius 3 is 2.43 bits per heavy atom. The predicted octanol–water partition coefficient (Wildman–Crippen LogP) is 2.85. The average Bonchev–Trinajstić information content (AvgIpc) is 2.98. The van der Waals surface area contributed by atoms with Crippen molar-refractivity contribution in [3.05, 3.63) is 42.0 Å². The first-order chi connectivity index (χ1) is 10.8. The van der Waals surface area contributed by atoms with Crippen molar-refractivity contribution in [2.75, 3.05) is 5.43 Å². The highest BCUT2D eigenvalue weighted by atomic mass is 19.4. The van der Waals surface area contributed by atoms with Crippen molar-refractivity contribution in [3.63, 3.8) is 0 Å². The van der Waals surface area contributed by atoms with Crippen molar-refractivity contribution < 1.29 is 17.6 Å². The number of hydrogen-bond donors (Lipinski definition) is 1. The summed E-state index contributed by atoms with van der Waals surface area (Å²) >= 11 is 0. The number of aromatic nitrogens is 2. The van der Waals surface area contributed by atoms with Crippen LogP contribution in [-0.4, -0.2) is 15.5 Å². The van der Waals surface area contributed by atoms with Crippen molar-refractivity contribution >= 4 is 11.4 Å². The maximum Gasteiger partial charge on any atom is 0.435 e. The fourth-order valence-electron chi connectivity index (χ4n) is 1.57. The van der Waals surface area contributed by atoms with E-state index in [1.165, 1.54) is 24.3 Å². The molecule has 1 aromatic carbocycles. The molecule has 0 amide bonds. The van der Waals surface area contributed by atoms with Crippen LogP contribution in [0.3, 0.4) is 0 Å². The molecule has 0 radical (unpaired) electrons. The average molecular weight is 322 g/mol. The number of alkyl halides is 3. The third-order valence-electron chi connectivity index (χ3n) is 2.58. The third-order valence-corrected chi connectivity index (χ3v) is 2.58. The molecule has 0 aliphatic rings. The molecule has 0 bridgehead atoms. The first-order valence-corrected chi connectivity index (χ1v) is 5.92. The van der Waals surface area contributed by atoms with E-state index in [0.717, 1.165) is 23.0 Å². The van der Waals surface area contributed by atoms with Gasteiger partial charge in [0.1, 0.15) is 17.8 Å². The van der Waals surface area contributed by atoms with Gasteiger partial charge in [0, 0.05) is 12.3 Å². The number of nitrogens with one attached hydrogen (secondary N) is 1. The lowest BCUT2D eigenvalue weighted by atomic mass is 10.2. The molecule has 0 aliphatic carbocycles. The van der Waals surface area contributed by atoms with E-state index in [9.17, 15) is 17.6 Å². The zero-order valence-corrected chi connectivity index (χ0v) is 11.1. The van der Waals surface area contributed by atoms with Crippen molar-refractivity contribution in [2.45, 2.75) is 6.18 Å². The van der Waals surface area contributed by atoms with Gasteiger partial charge in [0.05, 0.1) is 5.69 Å². The van der Waals surface area contributed by atoms with Crippen molar-refractivity contribution in [1.82, 2.24) is 9.78 Å². The Morgan fingerprint density at radius 2 is 1.91 bits per heavy atom. The lowest BCUT2D eigenvalue weighted by Gasteiger charge is -2.06. The molecule has 10 heteroatoms. The van der Waals surface area contributed by atoms with E-state index in [4.69, 9.17) is 10.5 Å². The summed E-state index contributed by atoms with van der Waals surface area (Å²) in [4.78, 5) is 0. The highest BCUT2D eigenvalue weighted by molar-refractivity contribution is 6.10.